The smallest absolute Gasteiger partial charge is 0.339 e. The minimum Gasteiger partial charge on any atom is -0.493 e. The van der Waals surface area contributed by atoms with Gasteiger partial charge >= 0.3 is 16.1 Å². The van der Waals surface area contributed by atoms with Gasteiger partial charge in [0.2, 0.25) is 0 Å². The Morgan fingerprint density at radius 2 is 1.76 bits per heavy atom. The molecule has 0 saturated heterocycles. The van der Waals surface area contributed by atoms with Crippen LogP contribution in [0.1, 0.15) is 46.6 Å². The van der Waals surface area contributed by atoms with Crippen molar-refractivity contribution in [3.63, 3.8) is 0 Å². The molecular weight excluding hydrogens is 487 g/mol. The summed E-state index contributed by atoms with van der Waals surface area (Å²) < 4.78 is 36.3. The predicted molar refractivity (Wildman–Crippen MR) is 131 cm³/mol. The van der Waals surface area contributed by atoms with E-state index in [1.165, 1.54) is 25.3 Å². The third-order valence-corrected chi connectivity index (χ3v) is 6.80. The second-order valence-corrected chi connectivity index (χ2v) is 11.0. The van der Waals surface area contributed by atoms with Crippen LogP contribution >= 0.6 is 23.2 Å². The van der Waals surface area contributed by atoms with Crippen molar-refractivity contribution in [3.8, 4) is 11.5 Å². The van der Waals surface area contributed by atoms with Crippen LogP contribution in [0.25, 0.3) is 0 Å². The zero-order valence-electron chi connectivity index (χ0n) is 19.6. The molecule has 2 rings (SSSR count). The Morgan fingerprint density at radius 3 is 2.30 bits per heavy atom. The molecule has 1 N–H and O–H groups in total. The molecule has 0 fully saturated rings. The Bertz CT molecular complexity index is 1100. The number of hydrogen-bond donors (Lipinski definition) is 1. The van der Waals surface area contributed by atoms with Crippen LogP contribution < -0.4 is 14.2 Å². The van der Waals surface area contributed by atoms with Gasteiger partial charge in [-0.25, -0.2) is 4.79 Å². The average Bonchev–Trinajstić information content (AvgIpc) is 2.72. The first-order valence-electron chi connectivity index (χ1n) is 10.4. The summed E-state index contributed by atoms with van der Waals surface area (Å²) >= 11 is 11.8. The van der Waals surface area contributed by atoms with E-state index in [1.807, 2.05) is 34.6 Å². The molecule has 7 nitrogen and oxygen atoms in total. The summed E-state index contributed by atoms with van der Waals surface area (Å²) in [5, 5.41) is 3.30. The maximum absolute atomic E-state index is 12.9. The predicted octanol–water partition coefficient (Wildman–Crippen LogP) is 5.88. The van der Waals surface area contributed by atoms with Crippen molar-refractivity contribution in [1.29, 1.82) is 0 Å². The van der Waals surface area contributed by atoms with E-state index >= 15 is 0 Å². The largest absolute Gasteiger partial charge is 0.493 e. The lowest BCUT2D eigenvalue weighted by Gasteiger charge is -2.32. The van der Waals surface area contributed by atoms with Gasteiger partial charge in [0.15, 0.2) is 11.5 Å². The molecule has 0 aliphatic rings. The van der Waals surface area contributed by atoms with E-state index < -0.39 is 15.7 Å². The molecule has 0 heterocycles. The second kappa shape index (κ2) is 10.8. The molecule has 1 atom stereocenters. The number of carbonyl (C=O) groups is 1. The van der Waals surface area contributed by atoms with E-state index in [9.17, 15) is 13.2 Å². The SMILES string of the molecule is CC[C@H](C)N(Cc1ccc(OC)c(OS(=O)(=O)c2ccc(Cl)c(Cl)c2)c1)C(=O)NC(C)(C)C. The van der Waals surface area contributed by atoms with Crippen LogP contribution in [0.5, 0.6) is 11.5 Å². The third-order valence-electron chi connectivity index (χ3n) is 4.83. The summed E-state index contributed by atoms with van der Waals surface area (Å²) in [6.07, 6.45) is 0.753. The van der Waals surface area contributed by atoms with E-state index in [0.717, 1.165) is 6.42 Å². The fourth-order valence-corrected chi connectivity index (χ4v) is 4.24. The summed E-state index contributed by atoms with van der Waals surface area (Å²) in [7, 11) is -2.80. The monoisotopic (exact) mass is 516 g/mol. The number of halogens is 2. The Labute approximate surface area is 206 Å². The van der Waals surface area contributed by atoms with Crippen molar-refractivity contribution < 1.29 is 22.1 Å². The van der Waals surface area contributed by atoms with Crippen molar-refractivity contribution in [1.82, 2.24) is 10.2 Å². The number of methoxy groups -OCH3 is 1. The molecule has 0 radical (unpaired) electrons. The van der Waals surface area contributed by atoms with E-state index in [1.54, 1.807) is 23.1 Å². The number of carbonyl (C=O) groups excluding carboxylic acids is 1. The van der Waals surface area contributed by atoms with Gasteiger partial charge in [0, 0.05) is 18.1 Å². The lowest BCUT2D eigenvalue weighted by molar-refractivity contribution is 0.165. The molecule has 0 aromatic heterocycles. The summed E-state index contributed by atoms with van der Waals surface area (Å²) in [4.78, 5) is 14.4. The number of urea groups is 1. The number of nitrogens with one attached hydrogen (secondary N) is 1. The maximum atomic E-state index is 12.9. The van der Waals surface area contributed by atoms with E-state index in [4.69, 9.17) is 32.1 Å². The summed E-state index contributed by atoms with van der Waals surface area (Å²) in [6.45, 7) is 9.93. The molecule has 0 aliphatic heterocycles. The van der Waals surface area contributed by atoms with Crippen molar-refractivity contribution >= 4 is 39.4 Å². The topological polar surface area (TPSA) is 84.9 Å². The van der Waals surface area contributed by atoms with E-state index in [-0.39, 0.29) is 45.1 Å². The van der Waals surface area contributed by atoms with Gasteiger partial charge in [0.25, 0.3) is 0 Å². The second-order valence-electron chi connectivity index (χ2n) is 8.66. The minimum atomic E-state index is -4.21. The first kappa shape index (κ1) is 27.1. The number of amides is 2. The number of hydrogen-bond acceptors (Lipinski definition) is 5. The highest BCUT2D eigenvalue weighted by Crippen LogP contribution is 2.33. The fraction of sp³-hybridized carbons (Fsp3) is 0.435. The molecule has 33 heavy (non-hydrogen) atoms. The van der Waals surface area contributed by atoms with E-state index in [0.29, 0.717) is 5.56 Å². The molecule has 0 bridgehead atoms. The van der Waals surface area contributed by atoms with Crippen molar-refractivity contribution in [3.05, 3.63) is 52.0 Å². The Kier molecular flexibility index (Phi) is 8.90. The zero-order chi connectivity index (χ0) is 25.0. The van der Waals surface area contributed by atoms with Gasteiger partial charge < -0.3 is 19.1 Å². The van der Waals surface area contributed by atoms with Gasteiger partial charge in [-0.1, -0.05) is 36.2 Å². The van der Waals surface area contributed by atoms with Crippen LogP contribution in [0.15, 0.2) is 41.3 Å². The van der Waals surface area contributed by atoms with Crippen LogP contribution in [0.3, 0.4) is 0 Å². The lowest BCUT2D eigenvalue weighted by Crippen LogP contribution is -2.50. The molecule has 0 spiro atoms. The molecule has 0 aliphatic carbocycles. The number of rotatable bonds is 8. The molecule has 2 amide bonds. The van der Waals surface area contributed by atoms with Gasteiger partial charge in [-0.15, -0.1) is 0 Å². The van der Waals surface area contributed by atoms with Gasteiger partial charge in [-0.2, -0.15) is 8.42 Å². The van der Waals surface area contributed by atoms with Gasteiger partial charge in [-0.05, 0) is 70.0 Å². The highest BCUT2D eigenvalue weighted by Gasteiger charge is 2.25. The van der Waals surface area contributed by atoms with Gasteiger partial charge in [0.1, 0.15) is 4.90 Å². The molecule has 2 aromatic carbocycles. The Morgan fingerprint density at radius 1 is 1.09 bits per heavy atom. The molecule has 2 aromatic rings. The van der Waals surface area contributed by atoms with Crippen LogP contribution in [-0.2, 0) is 16.7 Å². The highest BCUT2D eigenvalue weighted by molar-refractivity contribution is 7.87. The first-order valence-corrected chi connectivity index (χ1v) is 12.6. The first-order chi connectivity index (χ1) is 15.3. The van der Waals surface area contributed by atoms with Crippen LogP contribution in [0.2, 0.25) is 10.0 Å². The van der Waals surface area contributed by atoms with Crippen molar-refractivity contribution in [2.24, 2.45) is 0 Å². The number of nitrogens with zero attached hydrogens (tertiary/aromatic N) is 1. The Balaban J connectivity index is 2.37. The number of benzene rings is 2. The summed E-state index contributed by atoms with van der Waals surface area (Å²) in [6, 6.07) is 8.57. The molecular formula is C23H30Cl2N2O5S. The fourth-order valence-electron chi connectivity index (χ4n) is 2.92. The zero-order valence-corrected chi connectivity index (χ0v) is 21.9. The maximum Gasteiger partial charge on any atom is 0.339 e. The molecule has 0 unspecified atom stereocenters. The van der Waals surface area contributed by atoms with Crippen LogP contribution in [-0.4, -0.2) is 38.0 Å². The van der Waals surface area contributed by atoms with Crippen molar-refractivity contribution in [2.45, 2.75) is 64.1 Å². The van der Waals surface area contributed by atoms with Gasteiger partial charge in [0.05, 0.1) is 17.2 Å². The molecule has 182 valence electrons. The average molecular weight is 517 g/mol. The third kappa shape index (κ3) is 7.42. The quantitative estimate of drug-likeness (QED) is 0.442. The van der Waals surface area contributed by atoms with Crippen molar-refractivity contribution in [2.75, 3.05) is 7.11 Å². The summed E-state index contributed by atoms with van der Waals surface area (Å²) in [5.41, 5.74) is 0.282. The Hall–Kier alpha value is -2.16. The molecule has 0 saturated carbocycles. The number of ether oxygens (including phenoxy) is 1. The normalized spacial score (nSPS) is 12.7. The molecule has 10 heteroatoms. The van der Waals surface area contributed by atoms with Gasteiger partial charge in [-0.3, -0.25) is 0 Å². The van der Waals surface area contributed by atoms with Crippen LogP contribution in [0, 0.1) is 0 Å². The van der Waals surface area contributed by atoms with E-state index in [2.05, 4.69) is 5.32 Å². The minimum absolute atomic E-state index is 0.00130. The standard InChI is InChI=1S/C23H30Cl2N2O5S/c1-7-15(2)27(22(28)26-23(3,4)5)14-16-8-11-20(31-6)21(12-16)32-33(29,30)17-9-10-18(24)19(25)13-17/h8-13,15H,7,14H2,1-6H3,(H,26,28)/t15-/m0/s1. The lowest BCUT2D eigenvalue weighted by atomic mass is 10.1. The highest BCUT2D eigenvalue weighted by atomic mass is 35.5. The van der Waals surface area contributed by atoms with Crippen LogP contribution in [0.4, 0.5) is 4.79 Å². The summed E-state index contributed by atoms with van der Waals surface area (Å²) in [5.74, 6) is 0.234.